The monoisotopic (exact) mass is 916 g/mol. The average Bonchev–Trinajstić information content (AvgIpc) is 3.31. The molecule has 65 heavy (non-hydrogen) atoms. The number of ether oxygens (including phenoxy) is 1. The van der Waals surface area contributed by atoms with Gasteiger partial charge in [-0.25, -0.2) is 0 Å². The van der Waals surface area contributed by atoms with Gasteiger partial charge in [0.05, 0.1) is 25.4 Å². The maximum absolute atomic E-state index is 12.5. The quantitative estimate of drug-likeness (QED) is 0.0321. The predicted molar refractivity (Wildman–Crippen MR) is 283 cm³/mol. The fourth-order valence-corrected chi connectivity index (χ4v) is 8.98. The van der Waals surface area contributed by atoms with Gasteiger partial charge < -0.3 is 20.3 Å². The molecule has 0 aliphatic carbocycles. The molecule has 0 fully saturated rings. The Morgan fingerprint density at radius 1 is 0.415 bits per heavy atom. The van der Waals surface area contributed by atoms with Crippen LogP contribution in [0.3, 0.4) is 0 Å². The van der Waals surface area contributed by atoms with E-state index in [4.69, 9.17) is 4.74 Å². The van der Waals surface area contributed by atoms with Crippen molar-refractivity contribution in [1.29, 1.82) is 0 Å². The standard InChI is InChI=1S/C59H113NO5/c1-3-5-7-9-11-13-15-17-19-21-23-27-31-35-39-43-47-51-57(62)56(55-61)60-58(63)52-48-44-40-36-32-28-25-26-30-34-38-42-46-50-54-65-59(64)53-49-45-41-37-33-29-24-22-20-18-16-14-12-10-8-6-4-2/h18,20,47,51,56-57,61-62H,3-17,19,21-46,48-50,52-55H2,1-2H3,(H,60,63)/b20-18-,51-47+. The van der Waals surface area contributed by atoms with E-state index in [1.165, 1.54) is 231 Å². The van der Waals surface area contributed by atoms with E-state index in [1.54, 1.807) is 6.08 Å². The van der Waals surface area contributed by atoms with Crippen LogP contribution >= 0.6 is 0 Å². The van der Waals surface area contributed by atoms with Gasteiger partial charge in [-0.2, -0.15) is 0 Å². The van der Waals surface area contributed by atoms with Crippen molar-refractivity contribution in [2.45, 2.75) is 328 Å². The molecule has 0 spiro atoms. The van der Waals surface area contributed by atoms with E-state index >= 15 is 0 Å². The normalized spacial score (nSPS) is 12.7. The van der Waals surface area contributed by atoms with Gasteiger partial charge >= 0.3 is 5.97 Å². The van der Waals surface area contributed by atoms with Gasteiger partial charge in [-0.1, -0.05) is 269 Å². The van der Waals surface area contributed by atoms with Crippen LogP contribution in [0.25, 0.3) is 0 Å². The molecule has 0 rings (SSSR count). The predicted octanol–water partition coefficient (Wildman–Crippen LogP) is 17.9. The molecule has 0 aromatic rings. The highest BCUT2D eigenvalue weighted by Gasteiger charge is 2.18. The largest absolute Gasteiger partial charge is 0.466 e. The second-order valence-electron chi connectivity index (χ2n) is 20.0. The summed E-state index contributed by atoms with van der Waals surface area (Å²) in [4.78, 5) is 24.5. The van der Waals surface area contributed by atoms with Crippen LogP contribution in [0, 0.1) is 0 Å². The maximum Gasteiger partial charge on any atom is 0.305 e. The molecular weight excluding hydrogens is 803 g/mol. The Morgan fingerprint density at radius 2 is 0.723 bits per heavy atom. The average molecular weight is 917 g/mol. The van der Waals surface area contributed by atoms with E-state index in [9.17, 15) is 19.8 Å². The van der Waals surface area contributed by atoms with Crippen molar-refractivity contribution in [3.8, 4) is 0 Å². The Morgan fingerprint density at radius 3 is 1.09 bits per heavy atom. The molecule has 0 aromatic carbocycles. The molecule has 0 saturated heterocycles. The lowest BCUT2D eigenvalue weighted by molar-refractivity contribution is -0.143. The van der Waals surface area contributed by atoms with Crippen LogP contribution in [0.4, 0.5) is 0 Å². The molecule has 0 aromatic heterocycles. The summed E-state index contributed by atoms with van der Waals surface area (Å²) in [7, 11) is 0. The minimum absolute atomic E-state index is 0.00641. The molecule has 6 nitrogen and oxygen atoms in total. The van der Waals surface area contributed by atoms with Crippen molar-refractivity contribution in [1.82, 2.24) is 5.32 Å². The zero-order valence-electron chi connectivity index (χ0n) is 43.7. The molecule has 384 valence electrons. The first-order chi connectivity index (χ1) is 32.0. The Labute approximate surface area is 405 Å². The molecule has 1 amide bonds. The summed E-state index contributed by atoms with van der Waals surface area (Å²) < 4.78 is 5.48. The number of amides is 1. The number of rotatable bonds is 54. The van der Waals surface area contributed by atoms with E-state index < -0.39 is 12.1 Å². The number of hydrogen-bond donors (Lipinski definition) is 3. The number of allylic oxidation sites excluding steroid dienone is 3. The topological polar surface area (TPSA) is 95.9 Å². The third-order valence-electron chi connectivity index (χ3n) is 13.5. The fourth-order valence-electron chi connectivity index (χ4n) is 8.98. The van der Waals surface area contributed by atoms with Crippen molar-refractivity contribution in [3.63, 3.8) is 0 Å². The van der Waals surface area contributed by atoms with Gasteiger partial charge in [0.2, 0.25) is 5.91 Å². The van der Waals surface area contributed by atoms with Gasteiger partial charge in [-0.3, -0.25) is 9.59 Å². The molecule has 0 aliphatic rings. The number of aliphatic hydroxyl groups is 2. The number of unbranched alkanes of at least 4 members (excludes halogenated alkanes) is 41. The summed E-state index contributed by atoms with van der Waals surface area (Å²) in [5.74, 6) is -0.0831. The number of hydrogen-bond acceptors (Lipinski definition) is 5. The number of esters is 1. The maximum atomic E-state index is 12.5. The van der Waals surface area contributed by atoms with Crippen LogP contribution < -0.4 is 5.32 Å². The number of aliphatic hydroxyl groups excluding tert-OH is 2. The van der Waals surface area contributed by atoms with Crippen molar-refractivity contribution >= 4 is 11.9 Å². The molecule has 0 radical (unpaired) electrons. The van der Waals surface area contributed by atoms with Crippen LogP contribution in [0.5, 0.6) is 0 Å². The molecule has 2 atom stereocenters. The summed E-state index contributed by atoms with van der Waals surface area (Å²) in [5, 5.41) is 23.1. The highest BCUT2D eigenvalue weighted by Crippen LogP contribution is 2.17. The zero-order valence-corrected chi connectivity index (χ0v) is 43.7. The van der Waals surface area contributed by atoms with E-state index in [-0.39, 0.29) is 18.5 Å². The lowest BCUT2D eigenvalue weighted by Crippen LogP contribution is -2.45. The summed E-state index contributed by atoms with van der Waals surface area (Å²) in [6.07, 6.45) is 66.2. The van der Waals surface area contributed by atoms with Crippen molar-refractivity contribution in [2.75, 3.05) is 13.2 Å². The van der Waals surface area contributed by atoms with Crippen LogP contribution in [0.15, 0.2) is 24.3 Å². The Kier molecular flexibility index (Phi) is 53.5. The molecule has 0 heterocycles. The third kappa shape index (κ3) is 51.6. The smallest absolute Gasteiger partial charge is 0.305 e. The highest BCUT2D eigenvalue weighted by molar-refractivity contribution is 5.76. The van der Waals surface area contributed by atoms with E-state index in [0.717, 1.165) is 57.8 Å². The summed E-state index contributed by atoms with van der Waals surface area (Å²) in [6.45, 7) is 4.89. The third-order valence-corrected chi connectivity index (χ3v) is 13.5. The number of nitrogens with one attached hydrogen (secondary N) is 1. The minimum atomic E-state index is -0.852. The lowest BCUT2D eigenvalue weighted by Gasteiger charge is -2.20. The first kappa shape index (κ1) is 63.3. The van der Waals surface area contributed by atoms with Gasteiger partial charge in [0.15, 0.2) is 0 Å². The molecule has 0 saturated carbocycles. The van der Waals surface area contributed by atoms with Gasteiger partial charge in [-0.05, 0) is 57.8 Å². The van der Waals surface area contributed by atoms with E-state index in [1.807, 2.05) is 6.08 Å². The molecular formula is C59H113NO5. The second-order valence-corrected chi connectivity index (χ2v) is 20.0. The van der Waals surface area contributed by atoms with Gasteiger partial charge in [0, 0.05) is 12.8 Å². The van der Waals surface area contributed by atoms with Gasteiger partial charge in [0.25, 0.3) is 0 Å². The Hall–Kier alpha value is -1.66. The highest BCUT2D eigenvalue weighted by atomic mass is 16.5. The number of carbonyl (C=O) groups excluding carboxylic acids is 2. The Balaban J connectivity index is 3.46. The fraction of sp³-hybridized carbons (Fsp3) is 0.898. The van der Waals surface area contributed by atoms with Crippen LogP contribution in [-0.2, 0) is 14.3 Å². The number of carbonyl (C=O) groups is 2. The molecule has 2 unspecified atom stereocenters. The van der Waals surface area contributed by atoms with E-state index in [0.29, 0.717) is 19.4 Å². The van der Waals surface area contributed by atoms with Crippen LogP contribution in [0.1, 0.15) is 316 Å². The lowest BCUT2D eigenvalue weighted by atomic mass is 10.0. The first-order valence-electron chi connectivity index (χ1n) is 29.1. The second kappa shape index (κ2) is 54.9. The van der Waals surface area contributed by atoms with E-state index in [2.05, 4.69) is 31.3 Å². The van der Waals surface area contributed by atoms with Crippen LogP contribution in [0.2, 0.25) is 0 Å². The summed E-state index contributed by atoms with van der Waals surface area (Å²) in [6, 6.07) is -0.636. The van der Waals surface area contributed by atoms with Gasteiger partial charge in [-0.15, -0.1) is 0 Å². The SMILES string of the molecule is CCCCCCCC/C=C\CCCCCCCCCC(=O)OCCCCCCCCCCCCCCCCC(=O)NC(CO)C(O)/C=C/CCCCCCCCCCCCCCCCC. The first-order valence-corrected chi connectivity index (χ1v) is 29.1. The molecule has 6 heteroatoms. The molecule has 3 N–H and O–H groups in total. The molecule has 0 bridgehead atoms. The Bertz CT molecular complexity index is 1010. The molecule has 0 aliphatic heterocycles. The van der Waals surface area contributed by atoms with Crippen LogP contribution in [-0.4, -0.2) is 47.4 Å². The van der Waals surface area contributed by atoms with Crippen molar-refractivity contribution in [2.24, 2.45) is 0 Å². The van der Waals surface area contributed by atoms with Gasteiger partial charge in [0.1, 0.15) is 0 Å². The minimum Gasteiger partial charge on any atom is -0.466 e. The van der Waals surface area contributed by atoms with Crippen molar-refractivity contribution < 1.29 is 24.5 Å². The van der Waals surface area contributed by atoms with Crippen molar-refractivity contribution in [3.05, 3.63) is 24.3 Å². The summed E-state index contributed by atoms with van der Waals surface area (Å²) in [5.41, 5.74) is 0. The zero-order chi connectivity index (χ0) is 47.2. The summed E-state index contributed by atoms with van der Waals surface area (Å²) >= 11 is 0.